The van der Waals surface area contributed by atoms with Gasteiger partial charge in [0.05, 0.1) is 12.8 Å². The molecular formula is C40H82N2O. The molecule has 0 aromatic rings. The lowest BCUT2D eigenvalue weighted by molar-refractivity contribution is 0.103. The quantitative estimate of drug-likeness (QED) is 0.0727. The van der Waals surface area contributed by atoms with Gasteiger partial charge in [-0.25, -0.2) is 0 Å². The van der Waals surface area contributed by atoms with Crippen LogP contribution in [0.2, 0.25) is 0 Å². The Kier molecular flexibility index (Phi) is 31.6. The molecule has 0 amide bonds. The smallest absolute Gasteiger partial charge is 0.0624 e. The van der Waals surface area contributed by atoms with Crippen LogP contribution in [-0.4, -0.2) is 53.9 Å². The number of unbranched alkanes of at least 4 members (excludes halogenated alkanes) is 29. The maximum Gasteiger partial charge on any atom is 0.0624 e. The van der Waals surface area contributed by atoms with E-state index in [0.29, 0.717) is 12.8 Å². The Balaban J connectivity index is 1.95. The second kappa shape index (κ2) is 33.2. The van der Waals surface area contributed by atoms with Crippen molar-refractivity contribution in [2.75, 3.05) is 32.8 Å². The lowest BCUT2D eigenvalue weighted by Gasteiger charge is -2.30. The molecule has 0 aromatic carbocycles. The van der Waals surface area contributed by atoms with E-state index < -0.39 is 0 Å². The summed E-state index contributed by atoms with van der Waals surface area (Å²) in [6.45, 7) is 9.41. The lowest BCUT2D eigenvalue weighted by Crippen LogP contribution is -2.40. The first-order valence-electron chi connectivity index (χ1n) is 20.4. The molecule has 1 aliphatic heterocycles. The fraction of sp³-hybridized carbons (Fsp3) is 1.00. The van der Waals surface area contributed by atoms with Crippen molar-refractivity contribution in [3.05, 3.63) is 0 Å². The summed E-state index contributed by atoms with van der Waals surface area (Å²) in [4.78, 5) is 5.32. The summed E-state index contributed by atoms with van der Waals surface area (Å²) in [5.74, 6) is 0. The van der Waals surface area contributed by atoms with Crippen LogP contribution in [0, 0.1) is 0 Å². The average Bonchev–Trinajstić information content (AvgIpc) is 3.39. The van der Waals surface area contributed by atoms with Crippen LogP contribution in [-0.2, 0) is 0 Å². The molecule has 1 aliphatic rings. The third kappa shape index (κ3) is 25.7. The van der Waals surface area contributed by atoms with E-state index in [4.69, 9.17) is 0 Å². The van der Waals surface area contributed by atoms with Gasteiger partial charge in [0, 0.05) is 19.6 Å². The van der Waals surface area contributed by atoms with Crippen LogP contribution in [0.15, 0.2) is 0 Å². The number of β-amino-alcohol motifs (C(OH)–C–C–N with tert-alkyl or cyclic N) is 1. The Morgan fingerprint density at radius 3 is 0.977 bits per heavy atom. The summed E-state index contributed by atoms with van der Waals surface area (Å²) < 4.78 is 0. The Bertz CT molecular complexity index is 527. The van der Waals surface area contributed by atoms with Crippen molar-refractivity contribution in [1.29, 1.82) is 0 Å². The minimum Gasteiger partial charge on any atom is -0.395 e. The highest BCUT2D eigenvalue weighted by Crippen LogP contribution is 2.22. The van der Waals surface area contributed by atoms with Gasteiger partial charge in [-0.1, -0.05) is 206 Å². The van der Waals surface area contributed by atoms with E-state index in [0.717, 1.165) is 13.1 Å². The highest BCUT2D eigenvalue weighted by Gasteiger charge is 2.30. The zero-order chi connectivity index (χ0) is 30.9. The minimum absolute atomic E-state index is 0.308. The van der Waals surface area contributed by atoms with Crippen molar-refractivity contribution in [3.63, 3.8) is 0 Å². The van der Waals surface area contributed by atoms with E-state index in [1.807, 2.05) is 0 Å². The van der Waals surface area contributed by atoms with Gasteiger partial charge in [-0.05, 0) is 19.4 Å². The van der Waals surface area contributed by atoms with E-state index in [1.165, 1.54) is 219 Å². The van der Waals surface area contributed by atoms with Gasteiger partial charge in [-0.2, -0.15) is 0 Å². The summed E-state index contributed by atoms with van der Waals surface area (Å²) in [5, 5.41) is 9.60. The molecule has 1 unspecified atom stereocenters. The van der Waals surface area contributed by atoms with Crippen molar-refractivity contribution in [2.24, 2.45) is 0 Å². The molecule has 43 heavy (non-hydrogen) atoms. The summed E-state index contributed by atoms with van der Waals surface area (Å²) in [6, 6.07) is 0. The Hall–Kier alpha value is -0.120. The summed E-state index contributed by atoms with van der Waals surface area (Å²) in [7, 11) is 0. The minimum atomic E-state index is 0.308. The van der Waals surface area contributed by atoms with Gasteiger partial charge in [-0.3, -0.25) is 9.80 Å². The van der Waals surface area contributed by atoms with Gasteiger partial charge in [0.25, 0.3) is 0 Å². The van der Waals surface area contributed by atoms with E-state index in [1.54, 1.807) is 0 Å². The molecule has 1 fully saturated rings. The monoisotopic (exact) mass is 607 g/mol. The molecule has 3 heteroatoms. The standard InChI is InChI=1S/C40H82N2O/c1-3-5-7-9-11-13-15-17-19-21-23-25-27-29-31-33-35-41-36-37-42(38-39-43)40(41)34-32-30-28-26-24-22-20-18-16-14-12-10-8-6-4-2/h40,43H,3-39H2,1-2H3. The van der Waals surface area contributed by atoms with Crippen molar-refractivity contribution < 1.29 is 5.11 Å². The zero-order valence-corrected chi connectivity index (χ0v) is 30.1. The van der Waals surface area contributed by atoms with Crippen LogP contribution in [0.5, 0.6) is 0 Å². The zero-order valence-electron chi connectivity index (χ0n) is 30.1. The topological polar surface area (TPSA) is 26.7 Å². The second-order valence-electron chi connectivity index (χ2n) is 14.3. The van der Waals surface area contributed by atoms with Gasteiger partial charge in [0.15, 0.2) is 0 Å². The van der Waals surface area contributed by atoms with E-state index in [9.17, 15) is 5.11 Å². The first-order chi connectivity index (χ1) is 21.3. The van der Waals surface area contributed by atoms with Crippen LogP contribution in [0.3, 0.4) is 0 Å². The molecule has 0 aliphatic carbocycles. The second-order valence-corrected chi connectivity index (χ2v) is 14.3. The van der Waals surface area contributed by atoms with Crippen LogP contribution >= 0.6 is 0 Å². The van der Waals surface area contributed by atoms with E-state index >= 15 is 0 Å². The van der Waals surface area contributed by atoms with Gasteiger partial charge in [0.1, 0.15) is 0 Å². The Morgan fingerprint density at radius 2 is 0.651 bits per heavy atom. The molecule has 3 nitrogen and oxygen atoms in total. The van der Waals surface area contributed by atoms with Gasteiger partial charge in [-0.15, -0.1) is 0 Å². The third-order valence-electron chi connectivity index (χ3n) is 10.3. The molecule has 1 rings (SSSR count). The van der Waals surface area contributed by atoms with Crippen molar-refractivity contribution >= 4 is 0 Å². The number of hydrogen-bond donors (Lipinski definition) is 1. The Labute approximate surface area is 272 Å². The number of aliphatic hydroxyl groups excluding tert-OH is 1. The molecule has 0 radical (unpaired) electrons. The van der Waals surface area contributed by atoms with Crippen molar-refractivity contribution in [3.8, 4) is 0 Å². The predicted molar refractivity (Wildman–Crippen MR) is 193 cm³/mol. The SMILES string of the molecule is CCCCCCCCCCCCCCCCCCN1CCN(CCO)C1CCCCCCCCCCCCCCCCC. The van der Waals surface area contributed by atoms with E-state index in [2.05, 4.69) is 23.6 Å². The number of aliphatic hydroxyl groups is 1. The van der Waals surface area contributed by atoms with Crippen molar-refractivity contribution in [1.82, 2.24) is 9.80 Å². The van der Waals surface area contributed by atoms with Crippen LogP contribution in [0.1, 0.15) is 219 Å². The third-order valence-corrected chi connectivity index (χ3v) is 10.3. The first kappa shape index (κ1) is 40.9. The van der Waals surface area contributed by atoms with Gasteiger partial charge in [0.2, 0.25) is 0 Å². The molecular weight excluding hydrogens is 524 g/mol. The number of rotatable bonds is 35. The summed E-state index contributed by atoms with van der Waals surface area (Å²) in [6.07, 6.45) is 46.5. The highest BCUT2D eigenvalue weighted by molar-refractivity contribution is 4.81. The molecule has 0 aromatic heterocycles. The maximum atomic E-state index is 9.60. The van der Waals surface area contributed by atoms with Crippen LogP contribution < -0.4 is 0 Å². The number of hydrogen-bond acceptors (Lipinski definition) is 3. The van der Waals surface area contributed by atoms with Crippen LogP contribution in [0.25, 0.3) is 0 Å². The van der Waals surface area contributed by atoms with Gasteiger partial charge < -0.3 is 5.11 Å². The Morgan fingerprint density at radius 1 is 0.372 bits per heavy atom. The maximum absolute atomic E-state index is 9.60. The normalized spacial score (nSPS) is 16.1. The molecule has 0 bridgehead atoms. The highest BCUT2D eigenvalue weighted by atomic mass is 16.3. The first-order valence-corrected chi connectivity index (χ1v) is 20.4. The molecule has 1 N–H and O–H groups in total. The average molecular weight is 607 g/mol. The fourth-order valence-corrected chi connectivity index (χ4v) is 7.36. The fourth-order valence-electron chi connectivity index (χ4n) is 7.36. The molecule has 1 atom stereocenters. The summed E-state index contributed by atoms with van der Waals surface area (Å²) in [5.41, 5.74) is 0. The van der Waals surface area contributed by atoms with E-state index in [-0.39, 0.29) is 0 Å². The van der Waals surface area contributed by atoms with Crippen LogP contribution in [0.4, 0.5) is 0 Å². The van der Waals surface area contributed by atoms with Gasteiger partial charge >= 0.3 is 0 Å². The summed E-state index contributed by atoms with van der Waals surface area (Å²) >= 11 is 0. The van der Waals surface area contributed by atoms with Crippen molar-refractivity contribution in [2.45, 2.75) is 225 Å². The molecule has 0 saturated carbocycles. The molecule has 1 saturated heterocycles. The molecule has 0 spiro atoms. The molecule has 258 valence electrons. The molecule has 1 heterocycles. The predicted octanol–water partition coefficient (Wildman–Crippen LogP) is 12.4. The largest absolute Gasteiger partial charge is 0.395 e. The number of nitrogens with zero attached hydrogens (tertiary/aromatic N) is 2. The lowest BCUT2D eigenvalue weighted by atomic mass is 10.0.